The van der Waals surface area contributed by atoms with E-state index in [1.54, 1.807) is 0 Å². The molecule has 4 saturated carbocycles. The molecule has 0 aromatic heterocycles. The first-order valence-electron chi connectivity index (χ1n) is 18.6. The van der Waals surface area contributed by atoms with Gasteiger partial charge >= 0.3 is 0 Å². The fourth-order valence-corrected chi connectivity index (χ4v) is 10.6. The van der Waals surface area contributed by atoms with E-state index in [1.165, 1.54) is 25.7 Å². The number of rotatable bonds is 20. The monoisotopic (exact) mass is 623 g/mol. The van der Waals surface area contributed by atoms with Crippen molar-refractivity contribution in [3.8, 4) is 0 Å². The fraction of sp³-hybridized carbons (Fsp3) is 1.00. The van der Waals surface area contributed by atoms with Crippen LogP contribution in [0.3, 0.4) is 0 Å². The molecule has 8 N–H and O–H groups in total. The third kappa shape index (κ3) is 8.21. The zero-order chi connectivity index (χ0) is 31.6. The van der Waals surface area contributed by atoms with Crippen LogP contribution in [0.4, 0.5) is 0 Å². The minimum atomic E-state index is 0.150. The molecule has 8 heteroatoms. The SMILES string of the molecule is C[C@H](CCCOCCCN)C1CC[C@H]2C3[C@H](OCCCN)CC4C[C@H](OCCCN)CCC4(C)[C@H]3C[C@H](OCCCN)C12C. The van der Waals surface area contributed by atoms with Gasteiger partial charge in [0.1, 0.15) is 0 Å². The lowest BCUT2D eigenvalue weighted by molar-refractivity contribution is -0.227. The van der Waals surface area contributed by atoms with Crippen LogP contribution in [0.15, 0.2) is 0 Å². The largest absolute Gasteiger partial charge is 0.381 e. The van der Waals surface area contributed by atoms with E-state index in [0.29, 0.717) is 79.3 Å². The van der Waals surface area contributed by atoms with Gasteiger partial charge in [-0.05, 0) is 151 Å². The van der Waals surface area contributed by atoms with Crippen molar-refractivity contribution in [2.24, 2.45) is 69.3 Å². The molecule has 4 aliphatic carbocycles. The Bertz CT molecular complexity index is 821. The second-order valence-electron chi connectivity index (χ2n) is 15.4. The van der Waals surface area contributed by atoms with Crippen LogP contribution in [0.2, 0.25) is 0 Å². The molecule has 0 bridgehead atoms. The predicted molar refractivity (Wildman–Crippen MR) is 179 cm³/mol. The summed E-state index contributed by atoms with van der Waals surface area (Å²) < 4.78 is 26.1. The molecular weight excluding hydrogens is 552 g/mol. The highest BCUT2D eigenvalue weighted by molar-refractivity contribution is 5.15. The van der Waals surface area contributed by atoms with E-state index in [2.05, 4.69) is 20.8 Å². The Balaban J connectivity index is 1.57. The molecule has 4 fully saturated rings. The summed E-state index contributed by atoms with van der Waals surface area (Å²) in [5, 5.41) is 0. The zero-order valence-corrected chi connectivity index (χ0v) is 28.7. The first kappa shape index (κ1) is 36.5. The number of fused-ring (bicyclic) bond motifs is 5. The highest BCUT2D eigenvalue weighted by Crippen LogP contribution is 2.69. The van der Waals surface area contributed by atoms with Crippen molar-refractivity contribution in [3.63, 3.8) is 0 Å². The van der Waals surface area contributed by atoms with Gasteiger partial charge in [0.2, 0.25) is 0 Å². The molecule has 44 heavy (non-hydrogen) atoms. The Hall–Kier alpha value is -0.320. The van der Waals surface area contributed by atoms with E-state index < -0.39 is 0 Å². The average Bonchev–Trinajstić information content (AvgIpc) is 3.38. The molecule has 4 rings (SSSR count). The van der Waals surface area contributed by atoms with Crippen molar-refractivity contribution >= 4 is 0 Å². The summed E-state index contributed by atoms with van der Waals surface area (Å²) in [4.78, 5) is 0. The van der Waals surface area contributed by atoms with E-state index in [9.17, 15) is 0 Å². The summed E-state index contributed by atoms with van der Waals surface area (Å²) in [6, 6.07) is 0. The molecule has 11 atom stereocenters. The highest BCUT2D eigenvalue weighted by atomic mass is 16.5. The van der Waals surface area contributed by atoms with Crippen molar-refractivity contribution in [2.45, 2.75) is 123 Å². The van der Waals surface area contributed by atoms with E-state index in [1.807, 2.05) is 0 Å². The molecule has 0 heterocycles. The molecule has 0 aliphatic heterocycles. The lowest BCUT2D eigenvalue weighted by Gasteiger charge is -2.65. The lowest BCUT2D eigenvalue weighted by atomic mass is 9.43. The zero-order valence-electron chi connectivity index (χ0n) is 28.7. The summed E-state index contributed by atoms with van der Waals surface area (Å²) >= 11 is 0. The maximum atomic E-state index is 6.97. The van der Waals surface area contributed by atoms with Gasteiger partial charge in [-0.2, -0.15) is 0 Å². The highest BCUT2D eigenvalue weighted by Gasteiger charge is 2.66. The quantitative estimate of drug-likeness (QED) is 0.141. The Labute approximate surface area is 269 Å². The molecule has 0 aromatic rings. The van der Waals surface area contributed by atoms with Crippen molar-refractivity contribution in [1.29, 1.82) is 0 Å². The molecule has 0 saturated heterocycles. The van der Waals surface area contributed by atoms with Crippen molar-refractivity contribution in [1.82, 2.24) is 0 Å². The standard InChI is InChI=1S/C36H70N4O4/c1-26(9-4-18-41-19-5-14-37)29-10-11-30-34-31(25-33(36(29,30)3)44-22-8-17-40)35(2)13-12-28(42-20-6-15-38)23-27(35)24-32(34)43-21-7-16-39/h26-34H,4-25,37-40H2,1-3H3/t26-,27?,28-,29?,30+,31+,32-,33+,34?,35?,36?/m1/s1. The van der Waals surface area contributed by atoms with Crippen LogP contribution in [0, 0.1) is 46.3 Å². The minimum Gasteiger partial charge on any atom is -0.381 e. The molecule has 0 amide bonds. The summed E-state index contributed by atoms with van der Waals surface area (Å²) in [6.07, 6.45) is 15.4. The van der Waals surface area contributed by atoms with E-state index in [4.69, 9.17) is 41.9 Å². The van der Waals surface area contributed by atoms with Gasteiger partial charge in [-0.1, -0.05) is 20.8 Å². The first-order chi connectivity index (χ1) is 21.3. The average molecular weight is 623 g/mol. The minimum absolute atomic E-state index is 0.150. The van der Waals surface area contributed by atoms with E-state index in [-0.39, 0.29) is 11.5 Å². The topological polar surface area (TPSA) is 141 Å². The lowest BCUT2D eigenvalue weighted by Crippen LogP contribution is -2.63. The molecule has 8 nitrogen and oxygen atoms in total. The van der Waals surface area contributed by atoms with Crippen LogP contribution in [-0.4, -0.2) is 77.5 Å². The smallest absolute Gasteiger partial charge is 0.0637 e. The van der Waals surface area contributed by atoms with Gasteiger partial charge in [0.25, 0.3) is 0 Å². The molecular formula is C36H70N4O4. The predicted octanol–water partition coefficient (Wildman–Crippen LogP) is 4.85. The molecule has 5 unspecified atom stereocenters. The Morgan fingerprint density at radius 1 is 0.682 bits per heavy atom. The van der Waals surface area contributed by atoms with Gasteiger partial charge < -0.3 is 41.9 Å². The van der Waals surface area contributed by atoms with Gasteiger partial charge in [0, 0.05) is 38.4 Å². The summed E-state index contributed by atoms with van der Waals surface area (Å²) in [7, 11) is 0. The number of ether oxygens (including phenoxy) is 4. The van der Waals surface area contributed by atoms with Gasteiger partial charge in [-0.15, -0.1) is 0 Å². The molecule has 258 valence electrons. The third-order valence-corrected chi connectivity index (χ3v) is 12.9. The van der Waals surface area contributed by atoms with Crippen LogP contribution < -0.4 is 22.9 Å². The molecule has 0 radical (unpaired) electrons. The Kier molecular flexibility index (Phi) is 14.7. The van der Waals surface area contributed by atoms with Gasteiger partial charge in [0.05, 0.1) is 18.3 Å². The second kappa shape index (κ2) is 17.7. The maximum Gasteiger partial charge on any atom is 0.0637 e. The van der Waals surface area contributed by atoms with E-state index >= 15 is 0 Å². The van der Waals surface area contributed by atoms with Crippen LogP contribution >= 0.6 is 0 Å². The second-order valence-corrected chi connectivity index (χ2v) is 15.4. The van der Waals surface area contributed by atoms with Gasteiger partial charge in [-0.3, -0.25) is 0 Å². The third-order valence-electron chi connectivity index (χ3n) is 12.9. The van der Waals surface area contributed by atoms with Crippen molar-refractivity contribution in [3.05, 3.63) is 0 Å². The van der Waals surface area contributed by atoms with E-state index in [0.717, 1.165) is 90.8 Å². The molecule has 0 aromatic carbocycles. The van der Waals surface area contributed by atoms with Crippen molar-refractivity contribution in [2.75, 3.05) is 59.2 Å². The number of nitrogens with two attached hydrogens (primary N) is 4. The maximum absolute atomic E-state index is 6.97. The normalized spacial score (nSPS) is 39.1. The molecule has 0 spiro atoms. The first-order valence-corrected chi connectivity index (χ1v) is 18.6. The van der Waals surface area contributed by atoms with Gasteiger partial charge in [0.15, 0.2) is 0 Å². The summed E-state index contributed by atoms with van der Waals surface area (Å²) in [5.74, 6) is 3.73. The summed E-state index contributed by atoms with van der Waals surface area (Å²) in [6.45, 7) is 14.4. The van der Waals surface area contributed by atoms with Gasteiger partial charge in [-0.25, -0.2) is 0 Å². The van der Waals surface area contributed by atoms with Crippen LogP contribution in [-0.2, 0) is 18.9 Å². The fourth-order valence-electron chi connectivity index (χ4n) is 10.6. The Morgan fingerprint density at radius 3 is 2.02 bits per heavy atom. The number of hydrogen-bond donors (Lipinski definition) is 4. The van der Waals surface area contributed by atoms with Crippen molar-refractivity contribution < 1.29 is 18.9 Å². The number of hydrogen-bond acceptors (Lipinski definition) is 8. The van der Waals surface area contributed by atoms with Crippen LogP contribution in [0.5, 0.6) is 0 Å². The Morgan fingerprint density at radius 2 is 1.32 bits per heavy atom. The van der Waals surface area contributed by atoms with Crippen LogP contribution in [0.1, 0.15) is 104 Å². The summed E-state index contributed by atoms with van der Waals surface area (Å²) in [5.41, 5.74) is 23.8. The van der Waals surface area contributed by atoms with Crippen LogP contribution in [0.25, 0.3) is 0 Å². The molecule has 4 aliphatic rings.